The highest BCUT2D eigenvalue weighted by molar-refractivity contribution is 5.83. The van der Waals surface area contributed by atoms with E-state index in [9.17, 15) is 9.90 Å². The first-order valence-corrected chi connectivity index (χ1v) is 9.84. The zero-order valence-electron chi connectivity index (χ0n) is 17.1. The lowest BCUT2D eigenvalue weighted by molar-refractivity contribution is 0.302. The predicted molar refractivity (Wildman–Crippen MR) is 119 cm³/mol. The molecule has 2 N–H and O–H groups in total. The molecule has 0 unspecified atom stereocenters. The number of aliphatic hydroxyl groups excluding tert-OH is 1. The van der Waals surface area contributed by atoms with E-state index < -0.39 is 0 Å². The lowest BCUT2D eigenvalue weighted by atomic mass is 10.1. The van der Waals surface area contributed by atoms with Gasteiger partial charge in [0.15, 0.2) is 0 Å². The molecular formula is C22H27N5O2. The minimum Gasteiger partial charge on any atom is -0.395 e. The first-order chi connectivity index (χ1) is 14.1. The molecule has 29 heavy (non-hydrogen) atoms. The van der Waals surface area contributed by atoms with Gasteiger partial charge in [0.25, 0.3) is 5.56 Å². The lowest BCUT2D eigenvalue weighted by Gasteiger charge is -2.22. The van der Waals surface area contributed by atoms with Gasteiger partial charge < -0.3 is 10.0 Å². The number of nitrogens with one attached hydrogen (secondary N) is 1. The van der Waals surface area contributed by atoms with Crippen LogP contribution >= 0.6 is 0 Å². The summed E-state index contributed by atoms with van der Waals surface area (Å²) in [6.45, 7) is 8.05. The van der Waals surface area contributed by atoms with Gasteiger partial charge in [-0.1, -0.05) is 18.2 Å². The third-order valence-corrected chi connectivity index (χ3v) is 4.92. The number of aliphatic hydroxyl groups is 1. The monoisotopic (exact) mass is 393 g/mol. The molecule has 1 aromatic heterocycles. The second kappa shape index (κ2) is 9.34. The topological polar surface area (TPSA) is 82.8 Å². The average Bonchev–Trinajstić information content (AvgIpc) is 2.73. The van der Waals surface area contributed by atoms with Crippen molar-refractivity contribution < 1.29 is 5.11 Å². The molecule has 0 aliphatic rings. The van der Waals surface area contributed by atoms with Gasteiger partial charge in [-0.25, -0.2) is 10.4 Å². The van der Waals surface area contributed by atoms with Crippen LogP contribution in [0, 0.1) is 6.92 Å². The Kier molecular flexibility index (Phi) is 6.61. The average molecular weight is 393 g/mol. The van der Waals surface area contributed by atoms with E-state index in [0.29, 0.717) is 29.9 Å². The summed E-state index contributed by atoms with van der Waals surface area (Å²) >= 11 is 0. The normalized spacial score (nSPS) is 11.3. The molecule has 0 spiro atoms. The maximum Gasteiger partial charge on any atom is 0.262 e. The third-order valence-electron chi connectivity index (χ3n) is 4.92. The fraction of sp³-hybridized carbons (Fsp3) is 0.318. The number of fused-ring (bicyclic) bond motifs is 1. The van der Waals surface area contributed by atoms with Gasteiger partial charge in [0, 0.05) is 25.3 Å². The number of aromatic nitrogens is 2. The standard InChI is InChI=1S/C22H27N5O2/c1-4-26(12-13-28)18-11-10-17(16(3)14-18)15-23-25-22-24-20-9-7-6-8-19(20)21(29)27(22)5-2/h6-11,14-15,28H,4-5,12-13H2,1-3H3,(H,24,25)/b23-15-. The number of hydrazone groups is 1. The molecule has 0 saturated carbocycles. The molecule has 1 heterocycles. The zero-order chi connectivity index (χ0) is 20.8. The summed E-state index contributed by atoms with van der Waals surface area (Å²) in [5.74, 6) is 0.418. The summed E-state index contributed by atoms with van der Waals surface area (Å²) in [6, 6.07) is 13.4. The molecule has 152 valence electrons. The van der Waals surface area contributed by atoms with Crippen LogP contribution in [0.2, 0.25) is 0 Å². The van der Waals surface area contributed by atoms with Gasteiger partial charge in [0.2, 0.25) is 5.95 Å². The largest absolute Gasteiger partial charge is 0.395 e. The first kappa shape index (κ1) is 20.5. The van der Waals surface area contributed by atoms with Crippen molar-refractivity contribution in [1.82, 2.24) is 9.55 Å². The van der Waals surface area contributed by atoms with E-state index in [4.69, 9.17) is 0 Å². The molecular weight excluding hydrogens is 366 g/mol. The van der Waals surface area contributed by atoms with Crippen molar-refractivity contribution in [2.45, 2.75) is 27.3 Å². The summed E-state index contributed by atoms with van der Waals surface area (Å²) < 4.78 is 1.57. The highest BCUT2D eigenvalue weighted by Crippen LogP contribution is 2.18. The summed E-state index contributed by atoms with van der Waals surface area (Å²) in [6.07, 6.45) is 1.72. The lowest BCUT2D eigenvalue weighted by Crippen LogP contribution is -2.26. The molecule has 0 aliphatic heterocycles. The number of rotatable bonds is 8. The predicted octanol–water partition coefficient (Wildman–Crippen LogP) is 2.99. The van der Waals surface area contributed by atoms with Crippen LogP contribution in [0.4, 0.5) is 11.6 Å². The quantitative estimate of drug-likeness (QED) is 0.454. The summed E-state index contributed by atoms with van der Waals surface area (Å²) in [5, 5.41) is 14.1. The molecule has 0 radical (unpaired) electrons. The minimum atomic E-state index is -0.0835. The fourth-order valence-electron chi connectivity index (χ4n) is 3.30. The maximum absolute atomic E-state index is 12.7. The van der Waals surface area contributed by atoms with E-state index in [1.807, 2.05) is 44.2 Å². The van der Waals surface area contributed by atoms with Gasteiger partial charge in [-0.2, -0.15) is 5.10 Å². The van der Waals surface area contributed by atoms with Crippen molar-refractivity contribution in [3.63, 3.8) is 0 Å². The van der Waals surface area contributed by atoms with E-state index in [0.717, 1.165) is 23.4 Å². The number of para-hydroxylation sites is 1. The molecule has 7 heteroatoms. The van der Waals surface area contributed by atoms with E-state index in [1.54, 1.807) is 16.8 Å². The highest BCUT2D eigenvalue weighted by Gasteiger charge is 2.09. The molecule has 3 aromatic rings. The molecule has 0 saturated heterocycles. The second-order valence-corrected chi connectivity index (χ2v) is 6.72. The number of benzene rings is 2. The maximum atomic E-state index is 12.7. The molecule has 7 nitrogen and oxygen atoms in total. The number of nitrogens with zero attached hydrogens (tertiary/aromatic N) is 4. The number of likely N-dealkylation sites (N-methyl/N-ethyl adjacent to an activating group) is 1. The Morgan fingerprint density at radius 3 is 2.72 bits per heavy atom. The Labute approximate surface area is 170 Å². The van der Waals surface area contributed by atoms with Gasteiger partial charge in [-0.3, -0.25) is 9.36 Å². The molecule has 0 atom stereocenters. The van der Waals surface area contributed by atoms with Crippen molar-refractivity contribution >= 4 is 28.8 Å². The Morgan fingerprint density at radius 1 is 1.24 bits per heavy atom. The van der Waals surface area contributed by atoms with Crippen LogP contribution in [0.3, 0.4) is 0 Å². The number of anilines is 2. The minimum absolute atomic E-state index is 0.0835. The summed E-state index contributed by atoms with van der Waals surface area (Å²) in [7, 11) is 0. The van der Waals surface area contributed by atoms with Gasteiger partial charge in [-0.05, 0) is 56.2 Å². The van der Waals surface area contributed by atoms with Crippen molar-refractivity contribution in [3.8, 4) is 0 Å². The van der Waals surface area contributed by atoms with Crippen LogP contribution in [0.5, 0.6) is 0 Å². The fourth-order valence-corrected chi connectivity index (χ4v) is 3.30. The van der Waals surface area contributed by atoms with Gasteiger partial charge in [0.05, 0.1) is 23.7 Å². The van der Waals surface area contributed by atoms with Gasteiger partial charge in [0.1, 0.15) is 0 Å². The van der Waals surface area contributed by atoms with E-state index in [1.165, 1.54) is 0 Å². The SMILES string of the molecule is CCN(CCO)c1ccc(/C=N\Nc2nc3ccccc3c(=O)n2CC)c(C)c1. The van der Waals surface area contributed by atoms with E-state index in [2.05, 4.69) is 33.4 Å². The Morgan fingerprint density at radius 2 is 2.03 bits per heavy atom. The van der Waals surface area contributed by atoms with Crippen molar-refractivity contribution in [3.05, 3.63) is 63.9 Å². The Balaban J connectivity index is 1.84. The Hall–Kier alpha value is -3.19. The van der Waals surface area contributed by atoms with Crippen molar-refractivity contribution in [2.75, 3.05) is 30.0 Å². The molecule has 0 amide bonds. The Bertz CT molecular complexity index is 1070. The number of aryl methyl sites for hydroxylation is 1. The van der Waals surface area contributed by atoms with Crippen molar-refractivity contribution in [2.24, 2.45) is 5.10 Å². The zero-order valence-corrected chi connectivity index (χ0v) is 17.1. The third kappa shape index (κ3) is 4.46. The van der Waals surface area contributed by atoms with Crippen molar-refractivity contribution in [1.29, 1.82) is 0 Å². The second-order valence-electron chi connectivity index (χ2n) is 6.72. The molecule has 0 aliphatic carbocycles. The molecule has 0 bridgehead atoms. The highest BCUT2D eigenvalue weighted by atomic mass is 16.3. The van der Waals surface area contributed by atoms with E-state index in [-0.39, 0.29) is 12.2 Å². The van der Waals surface area contributed by atoms with E-state index >= 15 is 0 Å². The molecule has 2 aromatic carbocycles. The van der Waals surface area contributed by atoms with Crippen LogP contribution in [0.25, 0.3) is 10.9 Å². The van der Waals surface area contributed by atoms with Crippen LogP contribution in [-0.4, -0.2) is 40.6 Å². The first-order valence-electron chi connectivity index (χ1n) is 9.84. The van der Waals surface area contributed by atoms with Gasteiger partial charge in [-0.15, -0.1) is 0 Å². The smallest absolute Gasteiger partial charge is 0.262 e. The van der Waals surface area contributed by atoms with Crippen LogP contribution in [0.1, 0.15) is 25.0 Å². The number of hydrogen-bond donors (Lipinski definition) is 2. The van der Waals surface area contributed by atoms with Gasteiger partial charge >= 0.3 is 0 Å². The van der Waals surface area contributed by atoms with Crippen LogP contribution in [-0.2, 0) is 6.54 Å². The van der Waals surface area contributed by atoms with Crippen LogP contribution in [0.15, 0.2) is 52.4 Å². The molecule has 3 rings (SSSR count). The molecule has 0 fully saturated rings. The summed E-state index contributed by atoms with van der Waals surface area (Å²) in [4.78, 5) is 19.3. The summed E-state index contributed by atoms with van der Waals surface area (Å²) in [5.41, 5.74) is 6.59. The van der Waals surface area contributed by atoms with Crippen LogP contribution < -0.4 is 15.9 Å². The number of hydrogen-bond acceptors (Lipinski definition) is 6.